The molecule has 0 radical (unpaired) electrons. The number of hydrogen-bond acceptors (Lipinski definition) is 2. The average molecular weight is 408 g/mol. The first-order valence-electron chi connectivity index (χ1n) is 10.4. The number of aromatic amines is 1. The van der Waals surface area contributed by atoms with Crippen LogP contribution in [0.4, 0.5) is 0 Å². The van der Waals surface area contributed by atoms with Crippen LogP contribution in [-0.2, 0) is 6.42 Å². The van der Waals surface area contributed by atoms with E-state index in [4.69, 9.17) is 11.6 Å². The van der Waals surface area contributed by atoms with Gasteiger partial charge in [-0.05, 0) is 73.7 Å². The third-order valence-corrected chi connectivity index (χ3v) is 7.01. The topological polar surface area (TPSA) is 48.1 Å². The van der Waals surface area contributed by atoms with Crippen LogP contribution < -0.4 is 5.32 Å². The summed E-state index contributed by atoms with van der Waals surface area (Å²) >= 11 is 5.91. The molecule has 2 aliphatic rings. The molecule has 1 unspecified atom stereocenters. The van der Waals surface area contributed by atoms with Crippen LogP contribution >= 0.6 is 11.6 Å². The maximum Gasteiger partial charge on any atom is 0.251 e. The lowest BCUT2D eigenvalue weighted by Crippen LogP contribution is -2.48. The zero-order valence-electron chi connectivity index (χ0n) is 16.6. The fourth-order valence-corrected chi connectivity index (χ4v) is 5.48. The average Bonchev–Trinajstić information content (AvgIpc) is 3.14. The van der Waals surface area contributed by atoms with Crippen molar-refractivity contribution in [1.82, 2.24) is 15.2 Å². The summed E-state index contributed by atoms with van der Waals surface area (Å²) in [6.45, 7) is 1.80. The third-order valence-electron chi connectivity index (χ3n) is 6.76. The Morgan fingerprint density at radius 1 is 1.24 bits per heavy atom. The Morgan fingerprint density at radius 3 is 2.90 bits per heavy atom. The molecule has 1 aliphatic heterocycles. The van der Waals surface area contributed by atoms with Crippen LogP contribution in [0.3, 0.4) is 0 Å². The minimum atomic E-state index is -0.0249. The van der Waals surface area contributed by atoms with E-state index in [1.807, 2.05) is 0 Å². The number of amides is 1. The fourth-order valence-electron chi connectivity index (χ4n) is 5.36. The van der Waals surface area contributed by atoms with E-state index in [1.54, 1.807) is 24.3 Å². The van der Waals surface area contributed by atoms with Crippen LogP contribution in [0.1, 0.15) is 40.2 Å². The van der Waals surface area contributed by atoms with Crippen molar-refractivity contribution in [3.63, 3.8) is 0 Å². The van der Waals surface area contributed by atoms with Crippen molar-refractivity contribution in [3.8, 4) is 0 Å². The van der Waals surface area contributed by atoms with Crippen molar-refractivity contribution in [2.24, 2.45) is 5.92 Å². The number of likely N-dealkylation sites (N-methyl/N-ethyl adjacent to an activating group) is 1. The molecule has 1 saturated heterocycles. The molecule has 3 aromatic rings. The quantitative estimate of drug-likeness (QED) is 0.663. The molecule has 1 aromatic heterocycles. The SMILES string of the molecule is CN1C[C@H](CCNC(=O)c2ccc(Cl)cc2)CC2c3cccc4[nH]cc(c34)C[C@H]21. The lowest BCUT2D eigenvalue weighted by Gasteiger charge is -2.45. The Kier molecular flexibility index (Phi) is 4.84. The van der Waals surface area contributed by atoms with Crippen LogP contribution in [-0.4, -0.2) is 42.0 Å². The van der Waals surface area contributed by atoms with Crippen molar-refractivity contribution in [2.75, 3.05) is 20.1 Å². The summed E-state index contributed by atoms with van der Waals surface area (Å²) in [7, 11) is 2.26. The lowest BCUT2D eigenvalue weighted by molar-refractivity contribution is 0.0926. The molecule has 0 bridgehead atoms. The van der Waals surface area contributed by atoms with Crippen LogP contribution in [0.15, 0.2) is 48.7 Å². The van der Waals surface area contributed by atoms with E-state index in [9.17, 15) is 4.79 Å². The predicted molar refractivity (Wildman–Crippen MR) is 118 cm³/mol. The van der Waals surface area contributed by atoms with Gasteiger partial charge in [-0.1, -0.05) is 23.7 Å². The summed E-state index contributed by atoms with van der Waals surface area (Å²) in [5.74, 6) is 1.13. The molecule has 2 heterocycles. The summed E-state index contributed by atoms with van der Waals surface area (Å²) in [6, 6.07) is 14.3. The Bertz CT molecular complexity index is 1040. The van der Waals surface area contributed by atoms with Gasteiger partial charge in [-0.2, -0.15) is 0 Å². The normalized spacial score (nSPS) is 23.7. The number of carbonyl (C=O) groups excluding carboxylic acids is 1. The number of likely N-dealkylation sites (tertiary alicyclic amines) is 1. The molecule has 5 heteroatoms. The molecule has 0 spiro atoms. The molecule has 4 nitrogen and oxygen atoms in total. The number of hydrogen-bond donors (Lipinski definition) is 2. The van der Waals surface area contributed by atoms with Gasteiger partial charge < -0.3 is 15.2 Å². The molecule has 2 aromatic carbocycles. The van der Waals surface area contributed by atoms with Gasteiger partial charge >= 0.3 is 0 Å². The first-order chi connectivity index (χ1) is 14.1. The molecule has 1 fully saturated rings. The number of carbonyl (C=O) groups is 1. The van der Waals surface area contributed by atoms with Gasteiger partial charge in [0.2, 0.25) is 0 Å². The standard InChI is InChI=1S/C24H26ClN3O/c1-28-14-15(9-10-26-24(29)16-5-7-18(25)8-6-16)11-20-19-3-2-4-21-23(19)17(13-27-21)12-22(20)28/h2-8,13,15,20,22,27H,9-12,14H2,1H3,(H,26,29)/t15-,20?,22-/m1/s1. The van der Waals surface area contributed by atoms with E-state index in [0.29, 0.717) is 35.0 Å². The van der Waals surface area contributed by atoms with Crippen molar-refractivity contribution < 1.29 is 4.79 Å². The number of benzene rings is 2. The summed E-state index contributed by atoms with van der Waals surface area (Å²) in [6.07, 6.45) is 5.51. The molecule has 5 rings (SSSR count). The smallest absolute Gasteiger partial charge is 0.251 e. The number of rotatable bonds is 4. The van der Waals surface area contributed by atoms with Gasteiger partial charge in [0.15, 0.2) is 0 Å². The van der Waals surface area contributed by atoms with Gasteiger partial charge in [0.25, 0.3) is 5.91 Å². The number of H-pyrrole nitrogens is 1. The van der Waals surface area contributed by atoms with Gasteiger partial charge in [-0.25, -0.2) is 0 Å². The van der Waals surface area contributed by atoms with E-state index in [2.05, 4.69) is 46.6 Å². The minimum absolute atomic E-state index is 0.0249. The number of piperidine rings is 1. The monoisotopic (exact) mass is 407 g/mol. The molecular weight excluding hydrogens is 382 g/mol. The van der Waals surface area contributed by atoms with E-state index >= 15 is 0 Å². The Labute approximate surface area is 176 Å². The summed E-state index contributed by atoms with van der Waals surface area (Å²) in [4.78, 5) is 18.3. The summed E-state index contributed by atoms with van der Waals surface area (Å²) in [5, 5.41) is 5.17. The predicted octanol–water partition coefficient (Wildman–Crippen LogP) is 4.60. The van der Waals surface area contributed by atoms with Gasteiger partial charge in [0.1, 0.15) is 0 Å². The van der Waals surface area contributed by atoms with E-state index < -0.39 is 0 Å². The fraction of sp³-hybridized carbons (Fsp3) is 0.375. The number of fused-ring (bicyclic) bond motifs is 2. The molecule has 1 aliphatic carbocycles. The van der Waals surface area contributed by atoms with E-state index in [1.165, 1.54) is 28.5 Å². The number of halogens is 1. The van der Waals surface area contributed by atoms with Gasteiger partial charge in [-0.15, -0.1) is 0 Å². The third kappa shape index (κ3) is 3.45. The molecule has 1 amide bonds. The van der Waals surface area contributed by atoms with Gasteiger partial charge in [0.05, 0.1) is 0 Å². The highest BCUT2D eigenvalue weighted by molar-refractivity contribution is 6.30. The maximum atomic E-state index is 12.4. The highest BCUT2D eigenvalue weighted by atomic mass is 35.5. The van der Waals surface area contributed by atoms with Crippen LogP contribution in [0, 0.1) is 5.92 Å². The summed E-state index contributed by atoms with van der Waals surface area (Å²) < 4.78 is 0. The molecule has 3 atom stereocenters. The van der Waals surface area contributed by atoms with E-state index in [-0.39, 0.29) is 5.91 Å². The number of nitrogens with one attached hydrogen (secondary N) is 2. The van der Waals surface area contributed by atoms with Crippen molar-refractivity contribution >= 4 is 28.4 Å². The van der Waals surface area contributed by atoms with Crippen LogP contribution in [0.2, 0.25) is 5.02 Å². The van der Waals surface area contributed by atoms with Gasteiger partial charge in [-0.3, -0.25) is 4.79 Å². The second-order valence-corrected chi connectivity index (χ2v) is 8.99. The van der Waals surface area contributed by atoms with Gasteiger partial charge in [0, 0.05) is 52.7 Å². The molecule has 150 valence electrons. The van der Waals surface area contributed by atoms with Crippen molar-refractivity contribution in [3.05, 3.63) is 70.4 Å². The molecule has 29 heavy (non-hydrogen) atoms. The second-order valence-electron chi connectivity index (χ2n) is 8.55. The zero-order valence-corrected chi connectivity index (χ0v) is 17.4. The molecular formula is C24H26ClN3O. The minimum Gasteiger partial charge on any atom is -0.361 e. The van der Waals surface area contributed by atoms with Crippen molar-refractivity contribution in [1.29, 1.82) is 0 Å². The first-order valence-corrected chi connectivity index (χ1v) is 10.8. The molecule has 0 saturated carbocycles. The van der Waals surface area contributed by atoms with Crippen LogP contribution in [0.5, 0.6) is 0 Å². The van der Waals surface area contributed by atoms with Crippen LogP contribution in [0.25, 0.3) is 10.9 Å². The van der Waals surface area contributed by atoms with Crippen molar-refractivity contribution in [2.45, 2.75) is 31.2 Å². The Balaban J connectivity index is 1.26. The molecule has 2 N–H and O–H groups in total. The lowest BCUT2D eigenvalue weighted by atomic mass is 9.72. The first kappa shape index (κ1) is 18.7. The Hall–Kier alpha value is -2.30. The zero-order chi connectivity index (χ0) is 20.0. The highest BCUT2D eigenvalue weighted by Crippen LogP contribution is 2.44. The Morgan fingerprint density at radius 2 is 2.07 bits per heavy atom. The largest absolute Gasteiger partial charge is 0.361 e. The number of aromatic nitrogens is 1. The number of nitrogens with zero attached hydrogens (tertiary/aromatic N) is 1. The summed E-state index contributed by atoms with van der Waals surface area (Å²) in [5.41, 5.74) is 4.87. The van der Waals surface area contributed by atoms with E-state index in [0.717, 1.165) is 19.4 Å². The highest BCUT2D eigenvalue weighted by Gasteiger charge is 2.39. The second kappa shape index (κ2) is 7.51. The maximum absolute atomic E-state index is 12.4.